The van der Waals surface area contributed by atoms with E-state index in [1.54, 1.807) is 23.1 Å². The molecule has 0 saturated carbocycles. The van der Waals surface area contributed by atoms with Crippen molar-refractivity contribution in [3.63, 3.8) is 0 Å². The Hall–Kier alpha value is -4.27. The molecule has 0 radical (unpaired) electrons. The van der Waals surface area contributed by atoms with Crippen LogP contribution >= 0.6 is 23.4 Å². The second-order valence-electron chi connectivity index (χ2n) is 10.3. The maximum absolute atomic E-state index is 13.2. The zero-order chi connectivity index (χ0) is 29.9. The molecule has 7 nitrogen and oxygen atoms in total. The van der Waals surface area contributed by atoms with E-state index in [0.717, 1.165) is 45.0 Å². The molecule has 3 amide bonds. The van der Waals surface area contributed by atoms with Gasteiger partial charge in [0.05, 0.1) is 16.5 Å². The van der Waals surface area contributed by atoms with Gasteiger partial charge in [-0.3, -0.25) is 19.3 Å². The first kappa shape index (κ1) is 28.8. The van der Waals surface area contributed by atoms with Crippen molar-refractivity contribution in [1.29, 1.82) is 0 Å². The summed E-state index contributed by atoms with van der Waals surface area (Å²) in [7, 11) is 0. The van der Waals surface area contributed by atoms with Gasteiger partial charge in [0, 0.05) is 13.1 Å². The van der Waals surface area contributed by atoms with E-state index in [4.69, 9.17) is 21.1 Å². The smallest absolute Gasteiger partial charge is 0.294 e. The van der Waals surface area contributed by atoms with Gasteiger partial charge in [-0.25, -0.2) is 0 Å². The van der Waals surface area contributed by atoms with E-state index in [2.05, 4.69) is 24.3 Å². The van der Waals surface area contributed by atoms with Gasteiger partial charge in [-0.05, 0) is 82.4 Å². The minimum absolute atomic E-state index is 0.213. The van der Waals surface area contributed by atoms with Gasteiger partial charge in [0.15, 0.2) is 11.5 Å². The Bertz CT molecular complexity index is 1770. The number of imide groups is 1. The predicted molar refractivity (Wildman–Crippen MR) is 169 cm³/mol. The lowest BCUT2D eigenvalue weighted by molar-refractivity contribution is -0.136. The Balaban J connectivity index is 1.16. The maximum Gasteiger partial charge on any atom is 0.294 e. The maximum atomic E-state index is 13.2. The SMILES string of the molecule is CCOc1cc(/C=C2\SC(=O)N(CC(=O)N3CCc4ccccc4C3)C2=O)cc(Cl)c1OCc1ccc2ccccc2c1. The molecular weight excluding hydrogens is 584 g/mol. The van der Waals surface area contributed by atoms with Gasteiger partial charge in [0.1, 0.15) is 13.2 Å². The molecule has 6 rings (SSSR count). The van der Waals surface area contributed by atoms with Gasteiger partial charge in [0.2, 0.25) is 5.91 Å². The van der Waals surface area contributed by atoms with Crippen LogP contribution in [0, 0.1) is 0 Å². The number of ether oxygens (including phenoxy) is 2. The van der Waals surface area contributed by atoms with E-state index in [1.165, 1.54) is 5.56 Å². The second kappa shape index (κ2) is 12.5. The van der Waals surface area contributed by atoms with Crippen LogP contribution in [-0.2, 0) is 29.2 Å². The lowest BCUT2D eigenvalue weighted by Crippen LogP contribution is -2.44. The van der Waals surface area contributed by atoms with Gasteiger partial charge < -0.3 is 14.4 Å². The van der Waals surface area contributed by atoms with E-state index in [-0.39, 0.29) is 17.4 Å². The molecule has 9 heteroatoms. The molecule has 2 aliphatic heterocycles. The lowest BCUT2D eigenvalue weighted by atomic mass is 10.00. The first-order chi connectivity index (χ1) is 20.9. The molecule has 2 aliphatic rings. The molecule has 4 aromatic carbocycles. The van der Waals surface area contributed by atoms with Crippen molar-refractivity contribution in [3.8, 4) is 11.5 Å². The fraction of sp³-hybridized carbons (Fsp3) is 0.206. The van der Waals surface area contributed by atoms with Crippen LogP contribution in [0.3, 0.4) is 0 Å². The molecule has 0 unspecified atom stereocenters. The van der Waals surface area contributed by atoms with Gasteiger partial charge in [-0.1, -0.05) is 72.3 Å². The summed E-state index contributed by atoms with van der Waals surface area (Å²) in [6.45, 7) is 3.25. The van der Waals surface area contributed by atoms with Crippen molar-refractivity contribution in [2.24, 2.45) is 0 Å². The highest BCUT2D eigenvalue weighted by molar-refractivity contribution is 8.18. The number of rotatable bonds is 8. The zero-order valence-corrected chi connectivity index (χ0v) is 25.1. The first-order valence-electron chi connectivity index (χ1n) is 14.1. The highest BCUT2D eigenvalue weighted by Gasteiger charge is 2.37. The number of benzene rings is 4. The van der Waals surface area contributed by atoms with Crippen LogP contribution in [0.4, 0.5) is 4.79 Å². The largest absolute Gasteiger partial charge is 0.490 e. The Morgan fingerprint density at radius 2 is 1.72 bits per heavy atom. The number of carbonyl (C=O) groups excluding carboxylic acids is 3. The number of amides is 3. The van der Waals surface area contributed by atoms with E-state index in [9.17, 15) is 14.4 Å². The van der Waals surface area contributed by atoms with Gasteiger partial charge in [0.25, 0.3) is 11.1 Å². The van der Waals surface area contributed by atoms with Crippen molar-refractivity contribution in [2.75, 3.05) is 19.7 Å². The number of hydrogen-bond acceptors (Lipinski definition) is 6. The minimum Gasteiger partial charge on any atom is -0.490 e. The summed E-state index contributed by atoms with van der Waals surface area (Å²) in [5, 5.41) is 2.10. The van der Waals surface area contributed by atoms with Crippen LogP contribution in [0.1, 0.15) is 29.2 Å². The quantitative estimate of drug-likeness (QED) is 0.198. The third-order valence-electron chi connectivity index (χ3n) is 7.48. The van der Waals surface area contributed by atoms with Crippen LogP contribution < -0.4 is 9.47 Å². The van der Waals surface area contributed by atoms with Crippen LogP contribution in [0.5, 0.6) is 11.5 Å². The number of thioether (sulfide) groups is 1. The molecule has 218 valence electrons. The molecule has 1 saturated heterocycles. The van der Waals surface area contributed by atoms with Crippen LogP contribution in [0.25, 0.3) is 16.8 Å². The molecule has 0 spiro atoms. The predicted octanol–water partition coefficient (Wildman–Crippen LogP) is 7.09. The number of nitrogens with zero attached hydrogens (tertiary/aromatic N) is 2. The summed E-state index contributed by atoms with van der Waals surface area (Å²) in [6.07, 6.45) is 2.34. The second-order valence-corrected chi connectivity index (χ2v) is 11.7. The fourth-order valence-electron chi connectivity index (χ4n) is 5.29. The van der Waals surface area contributed by atoms with Crippen molar-refractivity contribution in [1.82, 2.24) is 9.80 Å². The normalized spacial score (nSPS) is 15.7. The van der Waals surface area contributed by atoms with Gasteiger partial charge >= 0.3 is 0 Å². The Kier molecular flexibility index (Phi) is 8.40. The molecule has 4 aromatic rings. The summed E-state index contributed by atoms with van der Waals surface area (Å²) in [6, 6.07) is 25.6. The standard InChI is InChI=1S/C34H29ClN2O5S/c1-2-41-29-17-23(16-28(35)32(29)42-21-22-11-12-24-7-3-5-9-26(24)15-22)18-30-33(39)37(34(40)43-30)20-31(38)36-14-13-25-8-4-6-10-27(25)19-36/h3-12,15-18H,2,13-14,19-21H2,1H3/b30-18-. The fourth-order valence-corrected chi connectivity index (χ4v) is 6.40. The monoisotopic (exact) mass is 612 g/mol. The Morgan fingerprint density at radius 1 is 0.953 bits per heavy atom. The van der Waals surface area contributed by atoms with Crippen LogP contribution in [0.15, 0.2) is 83.8 Å². The molecule has 1 fully saturated rings. The van der Waals surface area contributed by atoms with Crippen molar-refractivity contribution < 1.29 is 23.9 Å². The van der Waals surface area contributed by atoms with E-state index in [1.807, 2.05) is 49.4 Å². The Morgan fingerprint density at radius 3 is 2.53 bits per heavy atom. The average Bonchev–Trinajstić information content (AvgIpc) is 3.27. The highest BCUT2D eigenvalue weighted by Crippen LogP contribution is 2.40. The van der Waals surface area contributed by atoms with Gasteiger partial charge in [-0.2, -0.15) is 0 Å². The topological polar surface area (TPSA) is 76.2 Å². The summed E-state index contributed by atoms with van der Waals surface area (Å²) < 4.78 is 11.9. The molecule has 2 heterocycles. The number of halogens is 1. The zero-order valence-electron chi connectivity index (χ0n) is 23.5. The van der Waals surface area contributed by atoms with E-state index >= 15 is 0 Å². The van der Waals surface area contributed by atoms with Crippen molar-refractivity contribution >= 4 is 57.3 Å². The Labute approximate surface area is 259 Å². The van der Waals surface area contributed by atoms with Crippen molar-refractivity contribution in [2.45, 2.75) is 26.5 Å². The molecule has 43 heavy (non-hydrogen) atoms. The number of hydrogen-bond donors (Lipinski definition) is 0. The van der Waals surface area contributed by atoms with E-state index < -0.39 is 11.1 Å². The molecule has 0 N–H and O–H groups in total. The van der Waals surface area contributed by atoms with Gasteiger partial charge in [-0.15, -0.1) is 0 Å². The summed E-state index contributed by atoms with van der Waals surface area (Å²) >= 11 is 7.45. The average molecular weight is 613 g/mol. The third-order valence-corrected chi connectivity index (χ3v) is 8.66. The van der Waals surface area contributed by atoms with Crippen LogP contribution in [0.2, 0.25) is 5.02 Å². The van der Waals surface area contributed by atoms with Crippen LogP contribution in [-0.4, -0.2) is 46.5 Å². The molecule has 0 atom stereocenters. The number of carbonyl (C=O) groups is 3. The summed E-state index contributed by atoms with van der Waals surface area (Å²) in [5.74, 6) is 0.0663. The molecule has 0 aromatic heterocycles. The highest BCUT2D eigenvalue weighted by atomic mass is 35.5. The first-order valence-corrected chi connectivity index (χ1v) is 15.3. The number of fused-ring (bicyclic) bond motifs is 2. The summed E-state index contributed by atoms with van der Waals surface area (Å²) in [5.41, 5.74) is 3.87. The minimum atomic E-state index is -0.508. The molecule has 0 aliphatic carbocycles. The van der Waals surface area contributed by atoms with Crippen molar-refractivity contribution in [3.05, 3.63) is 111 Å². The summed E-state index contributed by atoms with van der Waals surface area (Å²) in [4.78, 5) is 42.0. The molecular formula is C34H29ClN2O5S. The molecule has 0 bridgehead atoms. The lowest BCUT2D eigenvalue weighted by Gasteiger charge is -2.29. The third kappa shape index (κ3) is 6.26. The van der Waals surface area contributed by atoms with E-state index in [0.29, 0.717) is 48.4 Å².